The molecule has 0 saturated heterocycles. The third-order valence-electron chi connectivity index (χ3n) is 3.99. The number of phenolic OH excluding ortho intramolecular Hbond substituents is 1. The summed E-state index contributed by atoms with van der Waals surface area (Å²) < 4.78 is 16.2. The third kappa shape index (κ3) is 7.75. The molecule has 3 N–H and O–H groups in total. The van der Waals surface area contributed by atoms with E-state index in [1.165, 1.54) is 12.1 Å². The predicted octanol–water partition coefficient (Wildman–Crippen LogP) is 3.92. The second-order valence-corrected chi connectivity index (χ2v) is 7.85. The van der Waals surface area contributed by atoms with E-state index in [1.807, 2.05) is 30.3 Å². The molecule has 7 heteroatoms. The number of esters is 2. The topological polar surface area (TPSA) is 108 Å². The van der Waals surface area contributed by atoms with Gasteiger partial charge in [-0.05, 0) is 51.3 Å². The molecule has 0 amide bonds. The van der Waals surface area contributed by atoms with E-state index in [2.05, 4.69) is 0 Å². The largest absolute Gasteiger partial charge is 0.507 e. The molecule has 0 fully saturated rings. The second-order valence-electron chi connectivity index (χ2n) is 7.85. The van der Waals surface area contributed by atoms with E-state index in [-0.39, 0.29) is 36.1 Å². The van der Waals surface area contributed by atoms with Gasteiger partial charge in [-0.15, -0.1) is 0 Å². The monoisotopic (exact) mass is 415 g/mol. The first-order chi connectivity index (χ1) is 14.2. The Kier molecular flexibility index (Phi) is 8.24. The molecule has 0 aliphatic heterocycles. The molecule has 0 heterocycles. The van der Waals surface area contributed by atoms with Crippen molar-refractivity contribution in [2.75, 3.05) is 0 Å². The van der Waals surface area contributed by atoms with Gasteiger partial charge in [-0.2, -0.15) is 0 Å². The van der Waals surface area contributed by atoms with Crippen LogP contribution in [-0.4, -0.2) is 28.9 Å². The molecular weight excluding hydrogens is 386 g/mol. The van der Waals surface area contributed by atoms with Crippen LogP contribution in [0, 0.1) is 0 Å². The molecule has 0 aliphatic rings. The van der Waals surface area contributed by atoms with Crippen molar-refractivity contribution in [1.82, 2.24) is 0 Å². The summed E-state index contributed by atoms with van der Waals surface area (Å²) in [6, 6.07) is 13.7. The van der Waals surface area contributed by atoms with Crippen molar-refractivity contribution < 1.29 is 28.9 Å². The lowest BCUT2D eigenvalue weighted by molar-refractivity contribution is -0.155. The SMILES string of the molecule is CC(C)(C)OC(=O)CCCC(N)Oc1cccc(O)c1C(=O)OCc1ccccc1. The number of benzene rings is 2. The summed E-state index contributed by atoms with van der Waals surface area (Å²) in [6.45, 7) is 5.48. The first kappa shape index (κ1) is 23.2. The second kappa shape index (κ2) is 10.6. The Morgan fingerprint density at radius 3 is 2.43 bits per heavy atom. The number of nitrogens with two attached hydrogens (primary N) is 1. The van der Waals surface area contributed by atoms with Crippen molar-refractivity contribution >= 4 is 11.9 Å². The van der Waals surface area contributed by atoms with E-state index in [0.29, 0.717) is 12.8 Å². The highest BCUT2D eigenvalue weighted by atomic mass is 16.6. The van der Waals surface area contributed by atoms with Crippen LogP contribution in [-0.2, 0) is 20.9 Å². The average molecular weight is 415 g/mol. The number of hydrogen-bond acceptors (Lipinski definition) is 7. The van der Waals surface area contributed by atoms with Gasteiger partial charge < -0.3 is 19.3 Å². The highest BCUT2D eigenvalue weighted by Crippen LogP contribution is 2.29. The Hall–Kier alpha value is -3.06. The van der Waals surface area contributed by atoms with Gasteiger partial charge in [0.2, 0.25) is 0 Å². The third-order valence-corrected chi connectivity index (χ3v) is 3.99. The van der Waals surface area contributed by atoms with Gasteiger partial charge in [-0.25, -0.2) is 4.79 Å². The molecule has 2 aromatic rings. The number of ether oxygens (including phenoxy) is 3. The first-order valence-electron chi connectivity index (χ1n) is 9.83. The number of rotatable bonds is 9. The highest BCUT2D eigenvalue weighted by molar-refractivity contribution is 5.95. The standard InChI is InChI=1S/C23H29NO6/c1-23(2,3)30-20(26)14-8-13-19(24)29-18-12-7-11-17(25)21(18)22(27)28-15-16-9-5-4-6-10-16/h4-7,9-12,19,25H,8,13-15,24H2,1-3H3. The van der Waals surface area contributed by atoms with Gasteiger partial charge in [0, 0.05) is 6.42 Å². The van der Waals surface area contributed by atoms with E-state index in [9.17, 15) is 14.7 Å². The van der Waals surface area contributed by atoms with Crippen molar-refractivity contribution in [1.29, 1.82) is 0 Å². The fraction of sp³-hybridized carbons (Fsp3) is 0.391. The molecule has 0 aromatic heterocycles. The zero-order valence-electron chi connectivity index (χ0n) is 17.6. The summed E-state index contributed by atoms with van der Waals surface area (Å²) in [6.07, 6.45) is 0.270. The number of carbonyl (C=O) groups is 2. The maximum absolute atomic E-state index is 12.5. The first-order valence-corrected chi connectivity index (χ1v) is 9.83. The summed E-state index contributed by atoms with van der Waals surface area (Å²) >= 11 is 0. The van der Waals surface area contributed by atoms with Gasteiger partial charge in [-0.1, -0.05) is 36.4 Å². The number of aromatic hydroxyl groups is 1. The number of hydrogen-bond donors (Lipinski definition) is 2. The average Bonchev–Trinajstić information content (AvgIpc) is 2.65. The van der Waals surface area contributed by atoms with Crippen LogP contribution in [0.1, 0.15) is 56.0 Å². The van der Waals surface area contributed by atoms with Crippen molar-refractivity contribution in [3.63, 3.8) is 0 Å². The lowest BCUT2D eigenvalue weighted by atomic mass is 10.1. The lowest BCUT2D eigenvalue weighted by Crippen LogP contribution is -2.28. The molecule has 7 nitrogen and oxygen atoms in total. The summed E-state index contributed by atoms with van der Waals surface area (Å²) in [5.74, 6) is -1.16. The molecule has 1 atom stereocenters. The lowest BCUT2D eigenvalue weighted by Gasteiger charge is -2.20. The van der Waals surface area contributed by atoms with Crippen LogP contribution >= 0.6 is 0 Å². The molecule has 0 aliphatic carbocycles. The maximum Gasteiger partial charge on any atom is 0.346 e. The Morgan fingerprint density at radius 2 is 1.77 bits per heavy atom. The van der Waals surface area contributed by atoms with E-state index in [4.69, 9.17) is 19.9 Å². The Balaban J connectivity index is 1.93. The molecule has 2 aromatic carbocycles. The summed E-state index contributed by atoms with van der Waals surface area (Å²) in [7, 11) is 0. The molecule has 1 unspecified atom stereocenters. The fourth-order valence-electron chi connectivity index (χ4n) is 2.68. The van der Waals surface area contributed by atoms with Crippen molar-refractivity contribution in [3.8, 4) is 11.5 Å². The Bertz CT molecular complexity index is 845. The van der Waals surface area contributed by atoms with Crippen LogP contribution in [0.25, 0.3) is 0 Å². The van der Waals surface area contributed by atoms with Crippen LogP contribution in [0.5, 0.6) is 11.5 Å². The minimum Gasteiger partial charge on any atom is -0.507 e. The number of carbonyl (C=O) groups excluding carboxylic acids is 2. The highest BCUT2D eigenvalue weighted by Gasteiger charge is 2.21. The normalized spacial score (nSPS) is 12.1. The van der Waals surface area contributed by atoms with Crippen molar-refractivity contribution in [2.45, 2.75) is 58.5 Å². The van der Waals surface area contributed by atoms with Gasteiger partial charge in [-0.3, -0.25) is 10.5 Å². The minimum absolute atomic E-state index is 0.0649. The smallest absolute Gasteiger partial charge is 0.346 e. The Morgan fingerprint density at radius 1 is 1.07 bits per heavy atom. The summed E-state index contributed by atoms with van der Waals surface area (Å²) in [5.41, 5.74) is 6.19. The molecule has 0 saturated carbocycles. The van der Waals surface area contributed by atoms with E-state index in [1.54, 1.807) is 26.8 Å². The van der Waals surface area contributed by atoms with Gasteiger partial charge in [0.25, 0.3) is 0 Å². The fourth-order valence-corrected chi connectivity index (χ4v) is 2.68. The van der Waals surface area contributed by atoms with E-state index < -0.39 is 17.8 Å². The van der Waals surface area contributed by atoms with Crippen LogP contribution < -0.4 is 10.5 Å². The van der Waals surface area contributed by atoms with Crippen LogP contribution in [0.4, 0.5) is 0 Å². The van der Waals surface area contributed by atoms with Crippen molar-refractivity contribution in [3.05, 3.63) is 59.7 Å². The van der Waals surface area contributed by atoms with E-state index in [0.717, 1.165) is 5.56 Å². The quantitative estimate of drug-likeness (QED) is 0.472. The maximum atomic E-state index is 12.5. The summed E-state index contributed by atoms with van der Waals surface area (Å²) in [4.78, 5) is 24.3. The molecule has 30 heavy (non-hydrogen) atoms. The van der Waals surface area contributed by atoms with Gasteiger partial charge in [0.05, 0.1) is 0 Å². The minimum atomic E-state index is -0.769. The van der Waals surface area contributed by atoms with Crippen LogP contribution in [0.3, 0.4) is 0 Å². The predicted molar refractivity (Wildman–Crippen MR) is 112 cm³/mol. The molecular formula is C23H29NO6. The summed E-state index contributed by atoms with van der Waals surface area (Å²) in [5, 5.41) is 10.1. The van der Waals surface area contributed by atoms with Gasteiger partial charge in [0.1, 0.15) is 35.5 Å². The van der Waals surface area contributed by atoms with E-state index >= 15 is 0 Å². The Labute approximate surface area is 176 Å². The van der Waals surface area contributed by atoms with Crippen LogP contribution in [0.15, 0.2) is 48.5 Å². The molecule has 0 spiro atoms. The van der Waals surface area contributed by atoms with Gasteiger partial charge >= 0.3 is 11.9 Å². The molecule has 162 valence electrons. The van der Waals surface area contributed by atoms with Crippen LogP contribution in [0.2, 0.25) is 0 Å². The zero-order chi connectivity index (χ0) is 22.1. The zero-order valence-corrected chi connectivity index (χ0v) is 17.6. The molecule has 0 bridgehead atoms. The molecule has 0 radical (unpaired) electrons. The number of phenols is 1. The van der Waals surface area contributed by atoms with Crippen molar-refractivity contribution in [2.24, 2.45) is 5.73 Å². The van der Waals surface area contributed by atoms with Gasteiger partial charge in [0.15, 0.2) is 0 Å². The molecule has 2 rings (SSSR count).